The molecule has 4 unspecified atom stereocenters. The second-order valence-electron chi connectivity index (χ2n) is 7.73. The van der Waals surface area contributed by atoms with E-state index in [0.717, 1.165) is 5.56 Å². The van der Waals surface area contributed by atoms with Crippen LogP contribution in [0.4, 0.5) is 0 Å². The number of nitrogens with one attached hydrogen (secondary N) is 2. The molecule has 17 nitrogen and oxygen atoms in total. The van der Waals surface area contributed by atoms with E-state index >= 15 is 0 Å². The molecule has 0 aliphatic carbocycles. The molecule has 0 aromatic heterocycles. The standard InChI is InChI=1S/C9H11NO2.C6H14N4O2.C4H7NO4.C3H7NO2S/c10-8(9(11)12)6-7-4-2-1-3-5-7;7-4(5(11)12)2-1-3-10-6(8)9;5-2(4(8)9)1-3(6)7;4-2(1-7)3(5)6/h1-5,8H,6,10H2,(H,11,12);4H,1-3,7H2,(H,11,12)(H4,8,9,10);2H,1,5H2,(H,6,7)(H,8,9);2,7H,1,4H2,(H,5,6). The summed E-state index contributed by atoms with van der Waals surface area (Å²) in [6.07, 6.45) is 0.828. The summed E-state index contributed by atoms with van der Waals surface area (Å²) in [6.45, 7) is 0.482. The van der Waals surface area contributed by atoms with E-state index in [1.54, 1.807) is 0 Å². The molecule has 0 saturated carbocycles. The molecule has 0 amide bonds. The van der Waals surface area contributed by atoms with Gasteiger partial charge in [0.15, 0.2) is 5.96 Å². The SMILES string of the molecule is N=C(N)NCCCC(N)C(=O)O.NC(CC(=O)O)C(=O)O.NC(CS)C(=O)O.NC(Cc1ccccc1)C(=O)O. The van der Waals surface area contributed by atoms with Crippen LogP contribution in [0, 0.1) is 5.41 Å². The highest BCUT2D eigenvalue weighted by Gasteiger charge is 2.14. The summed E-state index contributed by atoms with van der Waals surface area (Å²) in [4.78, 5) is 50.0. The van der Waals surface area contributed by atoms with Gasteiger partial charge in [0.2, 0.25) is 0 Å². The normalized spacial score (nSPS) is 12.5. The van der Waals surface area contributed by atoms with Crippen molar-refractivity contribution in [3.05, 3.63) is 35.9 Å². The zero-order chi connectivity index (χ0) is 31.8. The van der Waals surface area contributed by atoms with Crippen LogP contribution in [-0.4, -0.2) is 97.8 Å². The van der Waals surface area contributed by atoms with E-state index in [1.165, 1.54) is 0 Å². The van der Waals surface area contributed by atoms with Gasteiger partial charge in [0.25, 0.3) is 0 Å². The molecule has 1 rings (SSSR count). The molecule has 4 atom stereocenters. The molecular formula is C22H39N7O10S. The van der Waals surface area contributed by atoms with Gasteiger partial charge in [-0.3, -0.25) is 29.4 Å². The highest BCUT2D eigenvalue weighted by atomic mass is 32.1. The quantitative estimate of drug-likeness (QED) is 0.0486. The van der Waals surface area contributed by atoms with Gasteiger partial charge in [-0.15, -0.1) is 0 Å². The first-order valence-corrected chi connectivity index (χ1v) is 12.0. The van der Waals surface area contributed by atoms with E-state index in [0.29, 0.717) is 25.8 Å². The Labute approximate surface area is 235 Å². The minimum atomic E-state index is -1.29. The Bertz CT molecular complexity index is 924. The smallest absolute Gasteiger partial charge is 0.321 e. The summed E-state index contributed by atoms with van der Waals surface area (Å²) in [7, 11) is 0. The Morgan fingerprint density at radius 2 is 1.23 bits per heavy atom. The number of thiol groups is 1. The Kier molecular flexibility index (Phi) is 24.4. The van der Waals surface area contributed by atoms with Gasteiger partial charge in [0.1, 0.15) is 24.2 Å². The van der Waals surface area contributed by atoms with E-state index in [2.05, 4.69) is 17.9 Å². The maximum Gasteiger partial charge on any atom is 0.321 e. The van der Waals surface area contributed by atoms with Crippen LogP contribution >= 0.6 is 12.6 Å². The molecule has 17 N–H and O–H groups in total. The van der Waals surface area contributed by atoms with Gasteiger partial charge >= 0.3 is 29.8 Å². The average molecular weight is 594 g/mol. The number of carboxylic acid groups (broad SMARTS) is 5. The average Bonchev–Trinajstić information content (AvgIpc) is 2.86. The van der Waals surface area contributed by atoms with Crippen LogP contribution in [0.3, 0.4) is 0 Å². The molecule has 0 aliphatic heterocycles. The van der Waals surface area contributed by atoms with E-state index in [9.17, 15) is 24.0 Å². The molecule has 40 heavy (non-hydrogen) atoms. The van der Waals surface area contributed by atoms with Crippen molar-refractivity contribution in [2.24, 2.45) is 28.7 Å². The first-order chi connectivity index (χ1) is 18.5. The summed E-state index contributed by atoms with van der Waals surface area (Å²) in [6, 6.07) is 5.62. The Morgan fingerprint density at radius 1 is 0.775 bits per heavy atom. The van der Waals surface area contributed by atoms with Crippen molar-refractivity contribution in [2.75, 3.05) is 12.3 Å². The minimum Gasteiger partial charge on any atom is -0.481 e. The highest BCUT2D eigenvalue weighted by molar-refractivity contribution is 7.80. The predicted octanol–water partition coefficient (Wildman–Crippen LogP) is -2.50. The molecule has 0 aliphatic rings. The van der Waals surface area contributed by atoms with Crippen molar-refractivity contribution in [1.29, 1.82) is 5.41 Å². The maximum atomic E-state index is 10.4. The molecule has 0 bridgehead atoms. The predicted molar refractivity (Wildman–Crippen MR) is 148 cm³/mol. The minimum absolute atomic E-state index is 0.112. The molecule has 1 aromatic carbocycles. The van der Waals surface area contributed by atoms with Gasteiger partial charge in [-0.05, 0) is 24.8 Å². The number of hydrogen-bond acceptors (Lipinski definition) is 11. The lowest BCUT2D eigenvalue weighted by atomic mass is 10.1. The molecule has 0 heterocycles. The Morgan fingerprint density at radius 3 is 1.52 bits per heavy atom. The molecule has 0 radical (unpaired) electrons. The summed E-state index contributed by atoms with van der Waals surface area (Å²) in [5.41, 5.74) is 26.3. The maximum absolute atomic E-state index is 10.4. The fourth-order valence-electron chi connectivity index (χ4n) is 1.98. The monoisotopic (exact) mass is 593 g/mol. The van der Waals surface area contributed by atoms with Crippen LogP contribution in [0.25, 0.3) is 0 Å². The fourth-order valence-corrected chi connectivity index (χ4v) is 2.13. The fraction of sp³-hybridized carbons (Fsp3) is 0.455. The van der Waals surface area contributed by atoms with Gasteiger partial charge in [-0.1, -0.05) is 30.3 Å². The first-order valence-electron chi connectivity index (χ1n) is 11.3. The molecule has 0 saturated heterocycles. The highest BCUT2D eigenvalue weighted by Crippen LogP contribution is 2.01. The molecule has 1 aromatic rings. The van der Waals surface area contributed by atoms with Gasteiger partial charge < -0.3 is 59.5 Å². The van der Waals surface area contributed by atoms with Crippen molar-refractivity contribution in [1.82, 2.24) is 5.32 Å². The second kappa shape index (κ2) is 24.1. The van der Waals surface area contributed by atoms with E-state index in [1.807, 2.05) is 30.3 Å². The molecule has 0 spiro atoms. The molecular weight excluding hydrogens is 554 g/mol. The van der Waals surface area contributed by atoms with Gasteiger partial charge in [-0.25, -0.2) is 0 Å². The van der Waals surface area contributed by atoms with Crippen LogP contribution < -0.4 is 34.0 Å². The molecule has 0 fully saturated rings. The first kappa shape index (κ1) is 40.5. The number of benzene rings is 1. The number of carboxylic acids is 5. The van der Waals surface area contributed by atoms with E-state index in [-0.39, 0.29) is 11.7 Å². The summed E-state index contributed by atoms with van der Waals surface area (Å²) in [5, 5.41) is 50.3. The van der Waals surface area contributed by atoms with Crippen molar-refractivity contribution < 1.29 is 49.5 Å². The number of rotatable bonds is 13. The summed E-state index contributed by atoms with van der Waals surface area (Å²) >= 11 is 3.65. The zero-order valence-electron chi connectivity index (χ0n) is 21.6. The summed E-state index contributed by atoms with van der Waals surface area (Å²) in [5.74, 6) is -5.39. The zero-order valence-corrected chi connectivity index (χ0v) is 22.4. The topological polar surface area (TPSA) is 352 Å². The van der Waals surface area contributed by atoms with Crippen molar-refractivity contribution in [3.63, 3.8) is 0 Å². The van der Waals surface area contributed by atoms with Crippen LogP contribution in [-0.2, 0) is 30.4 Å². The number of carbonyl (C=O) groups is 5. The lowest BCUT2D eigenvalue weighted by Crippen LogP contribution is -2.34. The third-order valence-corrected chi connectivity index (χ3v) is 4.56. The van der Waals surface area contributed by atoms with Gasteiger partial charge in [0, 0.05) is 12.3 Å². The second-order valence-corrected chi connectivity index (χ2v) is 8.10. The lowest BCUT2D eigenvalue weighted by Gasteiger charge is -2.06. The number of nitrogens with two attached hydrogens (primary N) is 5. The summed E-state index contributed by atoms with van der Waals surface area (Å²) < 4.78 is 0. The van der Waals surface area contributed by atoms with E-state index < -0.39 is 60.4 Å². The van der Waals surface area contributed by atoms with Crippen LogP contribution in [0.5, 0.6) is 0 Å². The van der Waals surface area contributed by atoms with Crippen LogP contribution in [0.15, 0.2) is 30.3 Å². The lowest BCUT2D eigenvalue weighted by molar-refractivity contribution is -0.144. The van der Waals surface area contributed by atoms with Crippen molar-refractivity contribution >= 4 is 48.4 Å². The molecule has 228 valence electrons. The largest absolute Gasteiger partial charge is 0.481 e. The van der Waals surface area contributed by atoms with Crippen LogP contribution in [0.2, 0.25) is 0 Å². The van der Waals surface area contributed by atoms with Gasteiger partial charge in [-0.2, -0.15) is 12.6 Å². The van der Waals surface area contributed by atoms with Gasteiger partial charge in [0.05, 0.1) is 6.42 Å². The van der Waals surface area contributed by atoms with E-state index in [4.69, 9.17) is 59.6 Å². The third-order valence-electron chi connectivity index (χ3n) is 4.17. The Balaban J connectivity index is -0.000000467. The number of aliphatic carboxylic acids is 5. The van der Waals surface area contributed by atoms with Crippen molar-refractivity contribution in [2.45, 2.75) is 49.9 Å². The molecule has 18 heteroatoms. The Hall–Kier alpha value is -3.97. The van der Waals surface area contributed by atoms with Crippen LogP contribution in [0.1, 0.15) is 24.8 Å². The number of guanidine groups is 1. The third kappa shape index (κ3) is 27.1. The number of hydrogen-bond donors (Lipinski definition) is 13. The van der Waals surface area contributed by atoms with Crippen molar-refractivity contribution in [3.8, 4) is 0 Å².